The standard InChI is InChI=1S/C10H14N2O2/c1-11-8-6-12-10(13-2)5-9(8)14-7-3-4-7/h5-7,11H,3-4H2,1-2H3. The average molecular weight is 194 g/mol. The molecule has 0 atom stereocenters. The Morgan fingerprint density at radius 3 is 2.86 bits per heavy atom. The molecule has 1 fully saturated rings. The Morgan fingerprint density at radius 2 is 2.29 bits per heavy atom. The van der Waals surface area contributed by atoms with E-state index in [1.807, 2.05) is 13.1 Å². The summed E-state index contributed by atoms with van der Waals surface area (Å²) in [6.07, 6.45) is 4.40. The average Bonchev–Trinajstić information content (AvgIpc) is 3.01. The predicted octanol–water partition coefficient (Wildman–Crippen LogP) is 1.67. The van der Waals surface area contributed by atoms with Gasteiger partial charge in [0.2, 0.25) is 5.88 Å². The third kappa shape index (κ3) is 1.89. The molecule has 2 rings (SSSR count). The van der Waals surface area contributed by atoms with Gasteiger partial charge in [0.05, 0.1) is 25.1 Å². The van der Waals surface area contributed by atoms with Gasteiger partial charge >= 0.3 is 0 Å². The van der Waals surface area contributed by atoms with E-state index in [9.17, 15) is 0 Å². The smallest absolute Gasteiger partial charge is 0.216 e. The zero-order chi connectivity index (χ0) is 9.97. The maximum absolute atomic E-state index is 5.71. The molecule has 76 valence electrons. The van der Waals surface area contributed by atoms with Crippen LogP contribution in [-0.4, -0.2) is 25.2 Å². The Balaban J connectivity index is 2.21. The molecule has 0 amide bonds. The topological polar surface area (TPSA) is 43.4 Å². The van der Waals surface area contributed by atoms with E-state index in [1.54, 1.807) is 13.3 Å². The van der Waals surface area contributed by atoms with Crippen LogP contribution >= 0.6 is 0 Å². The van der Waals surface area contributed by atoms with Gasteiger partial charge in [-0.3, -0.25) is 0 Å². The summed E-state index contributed by atoms with van der Waals surface area (Å²) in [5.74, 6) is 1.40. The van der Waals surface area contributed by atoms with E-state index < -0.39 is 0 Å². The van der Waals surface area contributed by atoms with Crippen LogP contribution in [-0.2, 0) is 0 Å². The largest absolute Gasteiger partial charge is 0.488 e. The van der Waals surface area contributed by atoms with Crippen molar-refractivity contribution in [3.8, 4) is 11.6 Å². The molecule has 4 nitrogen and oxygen atoms in total. The Labute approximate surface area is 83.2 Å². The van der Waals surface area contributed by atoms with Crippen LogP contribution in [0.15, 0.2) is 12.3 Å². The lowest BCUT2D eigenvalue weighted by Crippen LogP contribution is -2.01. The molecule has 1 saturated carbocycles. The fourth-order valence-electron chi connectivity index (χ4n) is 1.18. The number of methoxy groups -OCH3 is 1. The Bertz CT molecular complexity index is 324. The summed E-state index contributed by atoms with van der Waals surface area (Å²) in [5.41, 5.74) is 0.901. The van der Waals surface area contributed by atoms with Gasteiger partial charge in [-0.25, -0.2) is 4.98 Å². The summed E-state index contributed by atoms with van der Waals surface area (Å²) < 4.78 is 10.7. The van der Waals surface area contributed by atoms with Gasteiger partial charge in [0.15, 0.2) is 0 Å². The van der Waals surface area contributed by atoms with Crippen LogP contribution in [0.25, 0.3) is 0 Å². The Kier molecular flexibility index (Phi) is 2.43. The van der Waals surface area contributed by atoms with Crippen molar-refractivity contribution >= 4 is 5.69 Å². The minimum atomic E-state index is 0.384. The second-order valence-electron chi connectivity index (χ2n) is 3.29. The molecular formula is C10H14N2O2. The normalized spacial score (nSPS) is 15.0. The molecule has 1 aliphatic rings. The Morgan fingerprint density at radius 1 is 1.50 bits per heavy atom. The van der Waals surface area contributed by atoms with Crippen LogP contribution in [0.1, 0.15) is 12.8 Å². The number of pyridine rings is 1. The molecule has 0 saturated heterocycles. The molecule has 0 unspecified atom stereocenters. The zero-order valence-electron chi connectivity index (χ0n) is 8.41. The van der Waals surface area contributed by atoms with E-state index in [-0.39, 0.29) is 0 Å². The lowest BCUT2D eigenvalue weighted by molar-refractivity contribution is 0.301. The SMILES string of the molecule is CNc1cnc(OC)cc1OC1CC1. The minimum absolute atomic E-state index is 0.384. The van der Waals surface area contributed by atoms with Gasteiger partial charge in [-0.15, -0.1) is 0 Å². The molecule has 0 radical (unpaired) electrons. The number of anilines is 1. The number of ether oxygens (including phenoxy) is 2. The third-order valence-corrected chi connectivity index (χ3v) is 2.14. The van der Waals surface area contributed by atoms with Gasteiger partial charge < -0.3 is 14.8 Å². The third-order valence-electron chi connectivity index (χ3n) is 2.14. The van der Waals surface area contributed by atoms with E-state index in [2.05, 4.69) is 10.3 Å². The summed E-state index contributed by atoms with van der Waals surface area (Å²) in [6, 6.07) is 1.81. The summed E-state index contributed by atoms with van der Waals surface area (Å²) in [6.45, 7) is 0. The molecule has 4 heteroatoms. The maximum Gasteiger partial charge on any atom is 0.216 e. The predicted molar refractivity (Wildman–Crippen MR) is 54.0 cm³/mol. The molecule has 0 spiro atoms. The highest BCUT2D eigenvalue weighted by molar-refractivity contribution is 5.56. The monoisotopic (exact) mass is 194 g/mol. The number of nitrogens with zero attached hydrogens (tertiary/aromatic N) is 1. The molecule has 0 aliphatic heterocycles. The summed E-state index contributed by atoms with van der Waals surface area (Å²) in [7, 11) is 3.45. The first-order valence-electron chi connectivity index (χ1n) is 4.72. The molecule has 0 aromatic carbocycles. The fraction of sp³-hybridized carbons (Fsp3) is 0.500. The zero-order valence-corrected chi connectivity index (χ0v) is 8.41. The lowest BCUT2D eigenvalue weighted by Gasteiger charge is -2.10. The molecular weight excluding hydrogens is 180 g/mol. The van der Waals surface area contributed by atoms with Crippen LogP contribution in [0.2, 0.25) is 0 Å². The summed E-state index contributed by atoms with van der Waals surface area (Å²) in [5, 5.41) is 3.04. The summed E-state index contributed by atoms with van der Waals surface area (Å²) in [4.78, 5) is 4.09. The number of rotatable bonds is 4. The van der Waals surface area contributed by atoms with Gasteiger partial charge in [-0.1, -0.05) is 0 Å². The van der Waals surface area contributed by atoms with Crippen LogP contribution in [0, 0.1) is 0 Å². The van der Waals surface area contributed by atoms with E-state index in [0.717, 1.165) is 24.3 Å². The molecule has 1 aromatic heterocycles. The van der Waals surface area contributed by atoms with Gasteiger partial charge in [-0.05, 0) is 12.8 Å². The van der Waals surface area contributed by atoms with Crippen molar-refractivity contribution in [3.63, 3.8) is 0 Å². The minimum Gasteiger partial charge on any atom is -0.488 e. The van der Waals surface area contributed by atoms with Gasteiger partial charge in [0.1, 0.15) is 5.75 Å². The number of hydrogen-bond acceptors (Lipinski definition) is 4. The van der Waals surface area contributed by atoms with Crippen LogP contribution in [0.3, 0.4) is 0 Å². The number of hydrogen-bond donors (Lipinski definition) is 1. The van der Waals surface area contributed by atoms with E-state index in [4.69, 9.17) is 9.47 Å². The van der Waals surface area contributed by atoms with Crippen molar-refractivity contribution in [1.82, 2.24) is 4.98 Å². The first-order valence-corrected chi connectivity index (χ1v) is 4.72. The number of aromatic nitrogens is 1. The van der Waals surface area contributed by atoms with E-state index >= 15 is 0 Å². The molecule has 1 aliphatic carbocycles. The van der Waals surface area contributed by atoms with Crippen molar-refractivity contribution < 1.29 is 9.47 Å². The van der Waals surface area contributed by atoms with Crippen LogP contribution < -0.4 is 14.8 Å². The highest BCUT2D eigenvalue weighted by atomic mass is 16.5. The van der Waals surface area contributed by atoms with Crippen molar-refractivity contribution in [2.75, 3.05) is 19.5 Å². The molecule has 1 heterocycles. The first-order chi connectivity index (χ1) is 6.83. The maximum atomic E-state index is 5.71. The first kappa shape index (κ1) is 9.12. The van der Waals surface area contributed by atoms with Crippen LogP contribution in [0.5, 0.6) is 11.6 Å². The van der Waals surface area contributed by atoms with Gasteiger partial charge in [-0.2, -0.15) is 0 Å². The fourth-order valence-corrected chi connectivity index (χ4v) is 1.18. The van der Waals surface area contributed by atoms with Gasteiger partial charge in [0, 0.05) is 13.1 Å². The quantitative estimate of drug-likeness (QED) is 0.791. The van der Waals surface area contributed by atoms with E-state index in [1.165, 1.54) is 0 Å². The second-order valence-corrected chi connectivity index (χ2v) is 3.29. The van der Waals surface area contributed by atoms with Crippen LogP contribution in [0.4, 0.5) is 5.69 Å². The lowest BCUT2D eigenvalue weighted by atomic mass is 10.3. The Hall–Kier alpha value is -1.45. The highest BCUT2D eigenvalue weighted by Gasteiger charge is 2.24. The summed E-state index contributed by atoms with van der Waals surface area (Å²) >= 11 is 0. The van der Waals surface area contributed by atoms with Crippen molar-refractivity contribution in [2.45, 2.75) is 18.9 Å². The molecule has 0 bridgehead atoms. The van der Waals surface area contributed by atoms with Gasteiger partial charge in [0.25, 0.3) is 0 Å². The van der Waals surface area contributed by atoms with E-state index in [0.29, 0.717) is 12.0 Å². The number of nitrogens with one attached hydrogen (secondary N) is 1. The van der Waals surface area contributed by atoms with Crippen molar-refractivity contribution in [3.05, 3.63) is 12.3 Å². The molecule has 14 heavy (non-hydrogen) atoms. The molecule has 1 aromatic rings. The highest BCUT2D eigenvalue weighted by Crippen LogP contribution is 2.33. The second kappa shape index (κ2) is 3.74. The molecule has 1 N–H and O–H groups in total. The van der Waals surface area contributed by atoms with Crippen molar-refractivity contribution in [2.24, 2.45) is 0 Å². The van der Waals surface area contributed by atoms with Crippen molar-refractivity contribution in [1.29, 1.82) is 0 Å².